The van der Waals surface area contributed by atoms with Crippen LogP contribution in [-0.2, 0) is 11.3 Å². The molecule has 0 saturated carbocycles. The third kappa shape index (κ3) is 3.26. The molecule has 0 N–H and O–H groups in total. The highest BCUT2D eigenvalue weighted by Crippen LogP contribution is 2.26. The largest absolute Gasteiger partial charge is 0.345 e. The summed E-state index contributed by atoms with van der Waals surface area (Å²) >= 11 is 0. The first-order valence-corrected chi connectivity index (χ1v) is 9.28. The molecule has 2 heterocycles. The van der Waals surface area contributed by atoms with Gasteiger partial charge in [0.15, 0.2) is 5.78 Å². The van der Waals surface area contributed by atoms with Crippen molar-refractivity contribution in [2.45, 2.75) is 40.3 Å². The fraction of sp³-hybridized carbons (Fsp3) is 0.318. The number of carbonyl (C=O) groups excluding carboxylic acids is 3. The molecule has 6 heteroatoms. The Kier molecular flexibility index (Phi) is 5.23. The number of Topliss-reactive ketones (excluding diaryl/α,β-unsaturated/α-hetero) is 1. The van der Waals surface area contributed by atoms with Crippen LogP contribution in [0, 0.1) is 20.8 Å². The summed E-state index contributed by atoms with van der Waals surface area (Å²) in [6.45, 7) is 11.5. The van der Waals surface area contributed by atoms with Gasteiger partial charge in [0.25, 0.3) is 5.91 Å². The van der Waals surface area contributed by atoms with Crippen molar-refractivity contribution >= 4 is 23.4 Å². The van der Waals surface area contributed by atoms with Gasteiger partial charge in [0.05, 0.1) is 6.54 Å². The molecule has 3 amide bonds. The lowest BCUT2D eigenvalue weighted by Crippen LogP contribution is -2.37. The summed E-state index contributed by atoms with van der Waals surface area (Å²) in [4.78, 5) is 40.9. The molecule has 1 atom stereocenters. The van der Waals surface area contributed by atoms with Gasteiger partial charge in [-0.1, -0.05) is 23.8 Å². The molecule has 1 saturated heterocycles. The monoisotopic (exact) mass is 379 g/mol. The van der Waals surface area contributed by atoms with E-state index in [0.29, 0.717) is 17.8 Å². The van der Waals surface area contributed by atoms with E-state index in [9.17, 15) is 14.4 Å². The number of nitrogens with zero attached hydrogens (tertiary/aromatic N) is 3. The Labute approximate surface area is 165 Å². The van der Waals surface area contributed by atoms with E-state index in [-0.39, 0.29) is 18.2 Å². The summed E-state index contributed by atoms with van der Waals surface area (Å²) in [5.41, 5.74) is 3.99. The van der Waals surface area contributed by atoms with Crippen LogP contribution >= 0.6 is 0 Å². The van der Waals surface area contributed by atoms with E-state index in [1.54, 1.807) is 19.1 Å². The summed E-state index contributed by atoms with van der Waals surface area (Å²) in [7, 11) is 0. The molecule has 6 nitrogen and oxygen atoms in total. The minimum Gasteiger partial charge on any atom is -0.345 e. The van der Waals surface area contributed by atoms with Crippen LogP contribution in [0.4, 0.5) is 10.5 Å². The Morgan fingerprint density at radius 3 is 2.39 bits per heavy atom. The second-order valence-electron chi connectivity index (χ2n) is 7.20. The van der Waals surface area contributed by atoms with Gasteiger partial charge in [0, 0.05) is 29.2 Å². The lowest BCUT2D eigenvalue weighted by Gasteiger charge is -2.19. The van der Waals surface area contributed by atoms with E-state index in [4.69, 9.17) is 0 Å². The first-order valence-electron chi connectivity index (χ1n) is 9.28. The number of carbonyl (C=O) groups is 3. The molecular weight excluding hydrogens is 354 g/mol. The smallest absolute Gasteiger partial charge is 0.332 e. The maximum absolute atomic E-state index is 12.9. The number of amides is 3. The van der Waals surface area contributed by atoms with E-state index in [1.807, 2.05) is 49.6 Å². The molecule has 28 heavy (non-hydrogen) atoms. The van der Waals surface area contributed by atoms with Crippen LogP contribution in [0.5, 0.6) is 0 Å². The highest BCUT2D eigenvalue weighted by molar-refractivity contribution is 6.16. The number of rotatable bonds is 6. The van der Waals surface area contributed by atoms with Gasteiger partial charge in [-0.25, -0.2) is 4.79 Å². The third-order valence-electron chi connectivity index (χ3n) is 5.25. The van der Waals surface area contributed by atoms with Gasteiger partial charge in [-0.3, -0.25) is 19.4 Å². The third-order valence-corrected chi connectivity index (χ3v) is 5.25. The van der Waals surface area contributed by atoms with Crippen molar-refractivity contribution in [2.24, 2.45) is 0 Å². The predicted molar refractivity (Wildman–Crippen MR) is 109 cm³/mol. The molecule has 0 spiro atoms. The van der Waals surface area contributed by atoms with Crippen LogP contribution in [0.1, 0.15) is 34.2 Å². The summed E-state index contributed by atoms with van der Waals surface area (Å²) in [5, 5.41) is 0. The molecule has 0 bridgehead atoms. The highest BCUT2D eigenvalue weighted by atomic mass is 16.2. The second kappa shape index (κ2) is 7.46. The Morgan fingerprint density at radius 1 is 1.14 bits per heavy atom. The van der Waals surface area contributed by atoms with Gasteiger partial charge >= 0.3 is 6.03 Å². The Hall–Kier alpha value is -3.15. The number of allylic oxidation sites excluding steroid dienone is 1. The summed E-state index contributed by atoms with van der Waals surface area (Å²) in [5.74, 6) is -0.609. The average Bonchev–Trinajstić information content (AvgIpc) is 3.05. The summed E-state index contributed by atoms with van der Waals surface area (Å²) in [6.07, 6.45) is 1.77. The average molecular weight is 379 g/mol. The maximum Gasteiger partial charge on any atom is 0.332 e. The molecule has 0 aliphatic carbocycles. The van der Waals surface area contributed by atoms with E-state index in [2.05, 4.69) is 6.58 Å². The van der Waals surface area contributed by atoms with Crippen LogP contribution < -0.4 is 4.90 Å². The van der Waals surface area contributed by atoms with Crippen molar-refractivity contribution in [3.63, 3.8) is 0 Å². The maximum atomic E-state index is 12.9. The fourth-order valence-electron chi connectivity index (χ4n) is 3.63. The first-order chi connectivity index (χ1) is 13.3. The molecule has 1 aliphatic heterocycles. The first kappa shape index (κ1) is 19.6. The molecule has 1 fully saturated rings. The molecule has 2 aromatic rings. The molecule has 1 unspecified atom stereocenters. The Bertz CT molecular complexity index is 956. The van der Waals surface area contributed by atoms with Crippen LogP contribution in [-0.4, -0.2) is 39.8 Å². The van der Waals surface area contributed by atoms with E-state index < -0.39 is 12.1 Å². The number of urea groups is 1. The van der Waals surface area contributed by atoms with Gasteiger partial charge in [-0.05, 0) is 45.9 Å². The van der Waals surface area contributed by atoms with E-state index in [1.165, 1.54) is 4.90 Å². The van der Waals surface area contributed by atoms with Crippen LogP contribution in [0.25, 0.3) is 0 Å². The lowest BCUT2D eigenvalue weighted by molar-refractivity contribution is -0.126. The standard InChI is InChI=1S/C22H25N3O3/c1-6-11-23-15(3)12-19(16(23)4)20(26)13-24-21(27)17(5)25(22(24)28)18-9-7-14(2)8-10-18/h6-10,12,17H,1,11,13H2,2-5H3. The molecule has 0 radical (unpaired) electrons. The van der Waals surface area contributed by atoms with E-state index >= 15 is 0 Å². The number of ketones is 1. The minimum atomic E-state index is -0.642. The molecule has 1 aromatic carbocycles. The van der Waals surface area contributed by atoms with Crippen molar-refractivity contribution in [1.29, 1.82) is 0 Å². The number of imide groups is 1. The number of hydrogen-bond donors (Lipinski definition) is 0. The molecule has 1 aromatic heterocycles. The van der Waals surface area contributed by atoms with Gasteiger partial charge in [0.1, 0.15) is 6.04 Å². The highest BCUT2D eigenvalue weighted by Gasteiger charge is 2.44. The van der Waals surface area contributed by atoms with Gasteiger partial charge in [-0.2, -0.15) is 0 Å². The van der Waals surface area contributed by atoms with Crippen LogP contribution in [0.15, 0.2) is 43.0 Å². The van der Waals surface area contributed by atoms with Gasteiger partial charge in [0.2, 0.25) is 0 Å². The van der Waals surface area contributed by atoms with E-state index in [0.717, 1.165) is 21.9 Å². The SMILES string of the molecule is C=CCn1c(C)cc(C(=O)CN2C(=O)C(C)N(c3ccc(C)cc3)C2=O)c1C. The van der Waals surface area contributed by atoms with Crippen molar-refractivity contribution in [1.82, 2.24) is 9.47 Å². The van der Waals surface area contributed by atoms with Crippen molar-refractivity contribution < 1.29 is 14.4 Å². The quantitative estimate of drug-likeness (QED) is 0.437. The van der Waals surface area contributed by atoms with Crippen LogP contribution in [0.2, 0.25) is 0 Å². The Balaban J connectivity index is 1.84. The molecule has 1 aliphatic rings. The second-order valence-corrected chi connectivity index (χ2v) is 7.20. The summed E-state index contributed by atoms with van der Waals surface area (Å²) < 4.78 is 1.98. The van der Waals surface area contributed by atoms with Crippen molar-refractivity contribution in [2.75, 3.05) is 11.4 Å². The zero-order chi connectivity index (χ0) is 20.6. The number of aryl methyl sites for hydroxylation is 2. The number of benzene rings is 1. The molecular formula is C22H25N3O3. The molecule has 3 rings (SSSR count). The van der Waals surface area contributed by atoms with Crippen molar-refractivity contribution in [3.8, 4) is 0 Å². The lowest BCUT2D eigenvalue weighted by atomic mass is 10.1. The Morgan fingerprint density at radius 2 is 1.79 bits per heavy atom. The van der Waals surface area contributed by atoms with Gasteiger partial charge < -0.3 is 4.57 Å². The predicted octanol–water partition coefficient (Wildman–Crippen LogP) is 3.64. The van der Waals surface area contributed by atoms with Crippen LogP contribution in [0.3, 0.4) is 0 Å². The zero-order valence-corrected chi connectivity index (χ0v) is 16.7. The summed E-state index contributed by atoms with van der Waals surface area (Å²) in [6, 6.07) is 8.10. The topological polar surface area (TPSA) is 62.6 Å². The van der Waals surface area contributed by atoms with Crippen molar-refractivity contribution in [3.05, 3.63) is 65.5 Å². The fourth-order valence-corrected chi connectivity index (χ4v) is 3.63. The number of hydrogen-bond acceptors (Lipinski definition) is 3. The zero-order valence-electron chi connectivity index (χ0n) is 16.7. The number of aromatic nitrogens is 1. The molecule has 146 valence electrons. The van der Waals surface area contributed by atoms with Gasteiger partial charge in [-0.15, -0.1) is 6.58 Å². The normalized spacial score (nSPS) is 16.8. The minimum absolute atomic E-state index is 0.247. The number of anilines is 1.